The van der Waals surface area contributed by atoms with Crippen molar-refractivity contribution in [3.8, 4) is 11.3 Å². The van der Waals surface area contributed by atoms with Crippen LogP contribution in [0.15, 0.2) is 36.5 Å². The predicted octanol–water partition coefficient (Wildman–Crippen LogP) is 2.57. The molecule has 0 aliphatic heterocycles. The normalized spacial score (nSPS) is 18.9. The van der Waals surface area contributed by atoms with Crippen LogP contribution < -0.4 is 0 Å². The SMILES string of the molecule is COC(O)C1Cc2cc(F)c(-c3ccccn3)cc2C1. The first kappa shape index (κ1) is 13.2. The minimum absolute atomic E-state index is 0.00613. The van der Waals surface area contributed by atoms with E-state index >= 15 is 0 Å². The Hall–Kier alpha value is -1.78. The lowest BCUT2D eigenvalue weighted by molar-refractivity contribution is -0.109. The maximum absolute atomic E-state index is 14.2. The fraction of sp³-hybridized carbons (Fsp3) is 0.312. The maximum Gasteiger partial charge on any atom is 0.157 e. The van der Waals surface area contributed by atoms with E-state index in [9.17, 15) is 9.50 Å². The van der Waals surface area contributed by atoms with Gasteiger partial charge in [-0.15, -0.1) is 0 Å². The van der Waals surface area contributed by atoms with Gasteiger partial charge in [0.15, 0.2) is 6.29 Å². The average molecular weight is 273 g/mol. The minimum atomic E-state index is -0.802. The van der Waals surface area contributed by atoms with E-state index < -0.39 is 6.29 Å². The van der Waals surface area contributed by atoms with E-state index in [-0.39, 0.29) is 11.7 Å². The molecule has 2 unspecified atom stereocenters. The highest BCUT2D eigenvalue weighted by Gasteiger charge is 2.28. The minimum Gasteiger partial charge on any atom is -0.368 e. The number of aliphatic hydroxyl groups is 1. The molecule has 0 bridgehead atoms. The van der Waals surface area contributed by atoms with Crippen LogP contribution in [0.1, 0.15) is 11.1 Å². The first-order valence-electron chi connectivity index (χ1n) is 6.62. The molecule has 3 nitrogen and oxygen atoms in total. The molecule has 2 atom stereocenters. The second-order valence-corrected chi connectivity index (χ2v) is 5.11. The molecule has 0 saturated heterocycles. The van der Waals surface area contributed by atoms with Crippen LogP contribution in [0.4, 0.5) is 4.39 Å². The lowest BCUT2D eigenvalue weighted by atomic mass is 10.0. The molecule has 104 valence electrons. The van der Waals surface area contributed by atoms with Crippen LogP contribution >= 0.6 is 0 Å². The standard InChI is InChI=1S/C16H16FNO2/c1-20-16(19)12-6-10-8-13(14(17)9-11(10)7-12)15-4-2-3-5-18-15/h2-5,8-9,12,16,19H,6-7H2,1H3. The molecule has 2 aromatic rings. The number of fused-ring (bicyclic) bond motifs is 1. The fourth-order valence-corrected chi connectivity index (χ4v) is 2.79. The van der Waals surface area contributed by atoms with Gasteiger partial charge in [-0.1, -0.05) is 6.07 Å². The number of benzene rings is 1. The topological polar surface area (TPSA) is 42.4 Å². The van der Waals surface area contributed by atoms with Crippen LogP contribution in [0.2, 0.25) is 0 Å². The van der Waals surface area contributed by atoms with E-state index in [1.165, 1.54) is 7.11 Å². The van der Waals surface area contributed by atoms with Crippen LogP contribution in [0, 0.1) is 11.7 Å². The van der Waals surface area contributed by atoms with Crippen molar-refractivity contribution in [2.45, 2.75) is 19.1 Å². The summed E-state index contributed by atoms with van der Waals surface area (Å²) >= 11 is 0. The van der Waals surface area contributed by atoms with Gasteiger partial charge < -0.3 is 9.84 Å². The summed E-state index contributed by atoms with van der Waals surface area (Å²) in [6.45, 7) is 0. The highest BCUT2D eigenvalue weighted by molar-refractivity contribution is 5.62. The van der Waals surface area contributed by atoms with E-state index in [2.05, 4.69) is 4.98 Å². The Morgan fingerprint density at radius 1 is 1.30 bits per heavy atom. The van der Waals surface area contributed by atoms with Crippen molar-refractivity contribution >= 4 is 0 Å². The summed E-state index contributed by atoms with van der Waals surface area (Å²) in [6, 6.07) is 8.84. The highest BCUT2D eigenvalue weighted by atomic mass is 19.1. The number of ether oxygens (including phenoxy) is 1. The van der Waals surface area contributed by atoms with E-state index in [4.69, 9.17) is 4.74 Å². The van der Waals surface area contributed by atoms with Gasteiger partial charge in [0.1, 0.15) is 5.82 Å². The lowest BCUT2D eigenvalue weighted by Gasteiger charge is -2.14. The van der Waals surface area contributed by atoms with E-state index in [0.29, 0.717) is 24.1 Å². The van der Waals surface area contributed by atoms with Gasteiger partial charge in [-0.05, 0) is 48.2 Å². The first-order chi connectivity index (χ1) is 9.69. The van der Waals surface area contributed by atoms with Gasteiger partial charge in [0.05, 0.1) is 5.69 Å². The number of aliphatic hydroxyl groups excluding tert-OH is 1. The van der Waals surface area contributed by atoms with E-state index in [0.717, 1.165) is 11.1 Å². The van der Waals surface area contributed by atoms with Crippen LogP contribution in [0.25, 0.3) is 11.3 Å². The zero-order chi connectivity index (χ0) is 14.1. The maximum atomic E-state index is 14.2. The molecule has 0 amide bonds. The average Bonchev–Trinajstić information content (AvgIpc) is 2.89. The molecule has 1 aromatic carbocycles. The van der Waals surface area contributed by atoms with Gasteiger partial charge in [0.25, 0.3) is 0 Å². The Morgan fingerprint density at radius 2 is 2.05 bits per heavy atom. The molecule has 0 spiro atoms. The van der Waals surface area contributed by atoms with Crippen molar-refractivity contribution in [1.82, 2.24) is 4.98 Å². The van der Waals surface area contributed by atoms with Crippen molar-refractivity contribution < 1.29 is 14.2 Å². The van der Waals surface area contributed by atoms with Gasteiger partial charge in [-0.25, -0.2) is 4.39 Å². The van der Waals surface area contributed by atoms with Gasteiger partial charge in [-0.3, -0.25) is 4.98 Å². The Balaban J connectivity index is 1.96. The van der Waals surface area contributed by atoms with Gasteiger partial charge in [0.2, 0.25) is 0 Å². The number of nitrogens with zero attached hydrogens (tertiary/aromatic N) is 1. The molecule has 1 N–H and O–H groups in total. The summed E-state index contributed by atoms with van der Waals surface area (Å²) in [4.78, 5) is 4.19. The smallest absolute Gasteiger partial charge is 0.157 e. The summed E-state index contributed by atoms with van der Waals surface area (Å²) in [5.74, 6) is -0.275. The highest BCUT2D eigenvalue weighted by Crippen LogP contribution is 2.33. The van der Waals surface area contributed by atoms with Crippen molar-refractivity contribution in [2.75, 3.05) is 7.11 Å². The summed E-state index contributed by atoms with van der Waals surface area (Å²) in [5, 5.41) is 9.76. The molecular weight excluding hydrogens is 257 g/mol. The van der Waals surface area contributed by atoms with Crippen molar-refractivity contribution in [3.05, 3.63) is 53.5 Å². The number of halogens is 1. The number of methoxy groups -OCH3 is 1. The van der Waals surface area contributed by atoms with Crippen LogP contribution in [-0.4, -0.2) is 23.5 Å². The van der Waals surface area contributed by atoms with Gasteiger partial charge in [-0.2, -0.15) is 0 Å². The quantitative estimate of drug-likeness (QED) is 0.874. The molecule has 1 aromatic heterocycles. The Labute approximate surface area is 117 Å². The second kappa shape index (κ2) is 5.31. The molecule has 1 aliphatic carbocycles. The molecular formula is C16H16FNO2. The van der Waals surface area contributed by atoms with Crippen LogP contribution in [0.3, 0.4) is 0 Å². The zero-order valence-corrected chi connectivity index (χ0v) is 11.2. The lowest BCUT2D eigenvalue weighted by Crippen LogP contribution is -2.22. The Kier molecular flexibility index (Phi) is 3.51. The number of aromatic nitrogens is 1. The number of rotatable bonds is 3. The molecule has 3 rings (SSSR count). The summed E-state index contributed by atoms with van der Waals surface area (Å²) in [6.07, 6.45) is 2.19. The molecule has 20 heavy (non-hydrogen) atoms. The summed E-state index contributed by atoms with van der Waals surface area (Å²) < 4.78 is 19.2. The van der Waals surface area contributed by atoms with Crippen LogP contribution in [0.5, 0.6) is 0 Å². The molecule has 0 radical (unpaired) electrons. The number of hydrogen-bond acceptors (Lipinski definition) is 3. The second-order valence-electron chi connectivity index (χ2n) is 5.11. The third-order valence-electron chi connectivity index (χ3n) is 3.84. The summed E-state index contributed by atoms with van der Waals surface area (Å²) in [5.41, 5.74) is 3.15. The summed E-state index contributed by atoms with van der Waals surface area (Å²) in [7, 11) is 1.48. The predicted molar refractivity (Wildman–Crippen MR) is 73.5 cm³/mol. The Bertz CT molecular complexity index is 615. The fourth-order valence-electron chi connectivity index (χ4n) is 2.79. The van der Waals surface area contributed by atoms with E-state index in [1.54, 1.807) is 24.4 Å². The number of pyridine rings is 1. The number of hydrogen-bond donors (Lipinski definition) is 1. The van der Waals surface area contributed by atoms with Crippen molar-refractivity contribution in [3.63, 3.8) is 0 Å². The van der Waals surface area contributed by atoms with Gasteiger partial charge >= 0.3 is 0 Å². The molecule has 4 heteroatoms. The molecule has 1 heterocycles. The zero-order valence-electron chi connectivity index (χ0n) is 11.2. The molecule has 0 saturated carbocycles. The molecule has 0 fully saturated rings. The monoisotopic (exact) mass is 273 g/mol. The van der Waals surface area contributed by atoms with Crippen molar-refractivity contribution in [1.29, 1.82) is 0 Å². The van der Waals surface area contributed by atoms with Gasteiger partial charge in [0, 0.05) is 24.8 Å². The van der Waals surface area contributed by atoms with Crippen LogP contribution in [-0.2, 0) is 17.6 Å². The van der Waals surface area contributed by atoms with Crippen molar-refractivity contribution in [2.24, 2.45) is 5.92 Å². The van der Waals surface area contributed by atoms with E-state index in [1.807, 2.05) is 12.1 Å². The Morgan fingerprint density at radius 3 is 2.70 bits per heavy atom. The molecule has 1 aliphatic rings. The third-order valence-corrected chi connectivity index (χ3v) is 3.84. The largest absolute Gasteiger partial charge is 0.368 e. The first-order valence-corrected chi connectivity index (χ1v) is 6.62. The third kappa shape index (κ3) is 2.32.